The molecule has 4 aliphatic carbocycles. The number of aliphatic carboxylic acids is 2. The van der Waals surface area contributed by atoms with Crippen LogP contribution in [0.15, 0.2) is 53.3 Å². The number of ether oxygens (including phenoxy) is 2. The number of carboxylic acids is 2. The van der Waals surface area contributed by atoms with E-state index in [-0.39, 0.29) is 42.7 Å². The Labute approximate surface area is 469 Å². The lowest BCUT2D eigenvalue weighted by atomic mass is 10.0. The van der Waals surface area contributed by atoms with Crippen molar-refractivity contribution in [1.29, 1.82) is 0 Å². The number of hydrogen-bond acceptors (Lipinski definition) is 14. The summed E-state index contributed by atoms with van der Waals surface area (Å²) in [4.78, 5) is 68.2. The Morgan fingerprint density at radius 3 is 1.67 bits per heavy atom. The SMILES string of the molecule is CC(CCC(=O)O)CC(=O)O.CC1Cc2nc(N)[nH]c(=O)c2C1.COc1ccc(N(C)c2nc(C)nc3c2CC(C)C3)cc1.Cc1nc(Cl)c2c(n1)CC(C)C2.Cl.[CH2-][NH+](c1ccc(OC)cc1)c1nc(C)nc2c1CC(C)C2. The molecule has 4 aliphatic rings. The van der Waals surface area contributed by atoms with E-state index in [1.807, 2.05) is 57.2 Å². The van der Waals surface area contributed by atoms with Crippen molar-refractivity contribution < 1.29 is 34.2 Å². The first kappa shape index (κ1) is 62.1. The number of quaternary nitrogens is 1. The van der Waals surface area contributed by atoms with Crippen LogP contribution in [-0.4, -0.2) is 83.3 Å². The van der Waals surface area contributed by atoms with Gasteiger partial charge in [-0.1, -0.05) is 46.2 Å². The van der Waals surface area contributed by atoms with E-state index in [2.05, 4.69) is 98.7 Å². The van der Waals surface area contributed by atoms with Crippen LogP contribution in [0.5, 0.6) is 11.5 Å². The number of nitrogen functional groups attached to an aromatic ring is 1. The average molecular weight is 1110 g/mol. The number of aryl methyl sites for hydroxylation is 3. The minimum atomic E-state index is -0.873. The first-order chi connectivity index (χ1) is 36.5. The number of rotatable bonds is 11. The van der Waals surface area contributed by atoms with Crippen molar-refractivity contribution in [3.63, 3.8) is 0 Å². The summed E-state index contributed by atoms with van der Waals surface area (Å²) < 4.78 is 10.4. The lowest BCUT2D eigenvalue weighted by molar-refractivity contribution is -0.708. The van der Waals surface area contributed by atoms with E-state index in [1.165, 1.54) is 22.5 Å². The summed E-state index contributed by atoms with van der Waals surface area (Å²) in [6.07, 6.45) is 8.53. The fourth-order valence-electron chi connectivity index (χ4n) is 10.1. The van der Waals surface area contributed by atoms with Gasteiger partial charge < -0.3 is 35.2 Å². The monoisotopic (exact) mass is 1110 g/mol. The molecular weight excluding hydrogens is 1030 g/mol. The lowest BCUT2D eigenvalue weighted by Crippen LogP contribution is -2.96. The third-order valence-electron chi connectivity index (χ3n) is 13.9. The smallest absolute Gasteiger partial charge is 0.303 e. The normalized spacial score (nSPS) is 17.7. The number of nitrogens with two attached hydrogens (primary N) is 1. The van der Waals surface area contributed by atoms with Gasteiger partial charge in [-0.2, -0.15) is 4.98 Å². The quantitative estimate of drug-likeness (QED) is 0.0599. The maximum Gasteiger partial charge on any atom is 0.303 e. The Morgan fingerprint density at radius 1 is 0.692 bits per heavy atom. The molecule has 420 valence electrons. The van der Waals surface area contributed by atoms with Gasteiger partial charge in [-0.15, -0.1) is 19.5 Å². The van der Waals surface area contributed by atoms with E-state index < -0.39 is 11.9 Å². The molecule has 18 nitrogen and oxygen atoms in total. The lowest BCUT2D eigenvalue weighted by Gasteiger charge is -2.21. The molecule has 6 unspecified atom stereocenters. The highest BCUT2D eigenvalue weighted by atomic mass is 35.5. The van der Waals surface area contributed by atoms with Gasteiger partial charge in [0.25, 0.3) is 5.56 Å². The number of anilines is 3. The van der Waals surface area contributed by atoms with Gasteiger partial charge >= 0.3 is 11.9 Å². The van der Waals surface area contributed by atoms with Gasteiger partial charge in [-0.3, -0.25) is 19.4 Å². The summed E-state index contributed by atoms with van der Waals surface area (Å²) in [6, 6.07) is 16.0. The Balaban J connectivity index is 0.000000185. The molecule has 10 rings (SSSR count). The van der Waals surface area contributed by atoms with Crippen LogP contribution in [0.4, 0.5) is 29.0 Å². The molecule has 0 saturated heterocycles. The Hall–Kier alpha value is -6.76. The highest BCUT2D eigenvalue weighted by molar-refractivity contribution is 6.30. The molecule has 0 spiro atoms. The zero-order valence-electron chi connectivity index (χ0n) is 46.9. The number of fused-ring (bicyclic) bond motifs is 4. The van der Waals surface area contributed by atoms with Crippen LogP contribution >= 0.6 is 24.0 Å². The molecule has 0 amide bonds. The predicted octanol–water partition coefficient (Wildman–Crippen LogP) is 9.11. The molecule has 0 fully saturated rings. The van der Waals surface area contributed by atoms with Crippen LogP contribution in [-0.2, 0) is 61.0 Å². The second kappa shape index (κ2) is 28.2. The molecule has 0 bridgehead atoms. The number of halogens is 2. The Morgan fingerprint density at radius 2 is 1.14 bits per heavy atom. The first-order valence-corrected chi connectivity index (χ1v) is 26.7. The van der Waals surface area contributed by atoms with Gasteiger partial charge in [0, 0.05) is 65.8 Å². The van der Waals surface area contributed by atoms with Crippen molar-refractivity contribution >= 4 is 64.9 Å². The fraction of sp³-hybridized carbons (Fsp3) is 0.466. The van der Waals surface area contributed by atoms with Gasteiger partial charge in [0.1, 0.15) is 45.6 Å². The first-order valence-electron chi connectivity index (χ1n) is 26.3. The summed E-state index contributed by atoms with van der Waals surface area (Å²) in [5, 5.41) is 17.2. The number of aromatic amines is 1. The molecule has 0 aliphatic heterocycles. The van der Waals surface area contributed by atoms with Crippen LogP contribution in [0.2, 0.25) is 5.15 Å². The highest BCUT2D eigenvalue weighted by Crippen LogP contribution is 2.35. The fourth-order valence-corrected chi connectivity index (χ4v) is 10.4. The van der Waals surface area contributed by atoms with Crippen molar-refractivity contribution in [3.05, 3.63) is 134 Å². The summed E-state index contributed by atoms with van der Waals surface area (Å²) >= 11 is 5.99. The molecular formula is C58H77Cl2N11O7. The topological polar surface area (TPSA) is 250 Å². The van der Waals surface area contributed by atoms with Crippen LogP contribution in [0.25, 0.3) is 0 Å². The molecule has 20 heteroatoms. The molecule has 4 heterocycles. The van der Waals surface area contributed by atoms with E-state index in [0.717, 1.165) is 131 Å². The number of H-pyrrole nitrogens is 1. The zero-order valence-corrected chi connectivity index (χ0v) is 48.4. The van der Waals surface area contributed by atoms with Crippen molar-refractivity contribution in [3.8, 4) is 11.5 Å². The maximum atomic E-state index is 11.3. The molecule has 4 aromatic heterocycles. The van der Waals surface area contributed by atoms with Crippen LogP contribution in [0.3, 0.4) is 0 Å². The average Bonchev–Trinajstić information content (AvgIpc) is 4.17. The standard InChI is InChI=1S/2C17H21N3O.C9H11ClN2.C8H11N3O.C7H12O4.ClH/c2*1-11-9-15-16(10-11)18-12(2)19-17(15)20(3)13-5-7-14(21-4)8-6-13;1-5-3-7-8(4-5)11-6(2)12-9(7)10;1-4-2-5-6(3-4)10-8(9)11-7(5)12;1-5(4-7(10)11)2-3-6(8)9;/h5-8,11H,9-10H2,1-4H3;5-8,11,20H,3,9-10H2,1-2,4H3;5H,3-4H2,1-2H3;4H,2-3H2,1H3,(H3,9,10,11,12);5H,2-4H2,1H3,(H,8,9)(H,10,11);1H. The van der Waals surface area contributed by atoms with Crippen molar-refractivity contribution in [2.24, 2.45) is 29.6 Å². The number of benzene rings is 2. The highest BCUT2D eigenvalue weighted by Gasteiger charge is 2.29. The number of carboxylic acid groups (broad SMARTS) is 2. The number of nitrogens with zero attached hydrogens (tertiary/aromatic N) is 8. The maximum absolute atomic E-state index is 11.3. The van der Waals surface area contributed by atoms with E-state index in [9.17, 15) is 14.4 Å². The molecule has 0 saturated carbocycles. The van der Waals surface area contributed by atoms with E-state index in [0.29, 0.717) is 35.2 Å². The van der Waals surface area contributed by atoms with Crippen LogP contribution in [0, 0.1) is 57.4 Å². The second-order valence-corrected chi connectivity index (χ2v) is 21.4. The molecule has 6 N–H and O–H groups in total. The van der Waals surface area contributed by atoms with Crippen molar-refractivity contribution in [2.45, 2.75) is 126 Å². The summed E-state index contributed by atoms with van der Waals surface area (Å²) in [6.45, 7) is 16.4. The van der Waals surface area contributed by atoms with Gasteiger partial charge in [0.15, 0.2) is 0 Å². The second-order valence-electron chi connectivity index (χ2n) is 21.1. The van der Waals surface area contributed by atoms with Gasteiger partial charge in [-0.25, -0.2) is 29.9 Å². The largest absolute Gasteiger partial charge is 0.497 e. The van der Waals surface area contributed by atoms with E-state index in [1.54, 1.807) is 21.1 Å². The predicted molar refractivity (Wildman–Crippen MR) is 306 cm³/mol. The number of methoxy groups -OCH3 is 2. The minimum absolute atomic E-state index is 0. The third kappa shape index (κ3) is 16.9. The molecule has 6 atom stereocenters. The molecule has 2 aromatic carbocycles. The van der Waals surface area contributed by atoms with Gasteiger partial charge in [-0.05, 0) is 145 Å². The van der Waals surface area contributed by atoms with Crippen molar-refractivity contribution in [2.75, 3.05) is 31.9 Å². The zero-order chi connectivity index (χ0) is 56.2. The summed E-state index contributed by atoms with van der Waals surface area (Å²) in [5.41, 5.74) is 16.5. The van der Waals surface area contributed by atoms with E-state index >= 15 is 0 Å². The molecule has 6 aromatic rings. The van der Waals surface area contributed by atoms with Gasteiger partial charge in [0.05, 0.1) is 31.2 Å². The Bertz CT molecular complexity index is 2950. The number of hydrogen-bond donors (Lipinski definition) is 5. The van der Waals surface area contributed by atoms with Crippen molar-refractivity contribution in [1.82, 2.24) is 39.9 Å². The minimum Gasteiger partial charge on any atom is -0.497 e. The molecule has 0 radical (unpaired) electrons. The van der Waals surface area contributed by atoms with Crippen LogP contribution < -0.4 is 30.6 Å². The molecule has 78 heavy (non-hydrogen) atoms. The van der Waals surface area contributed by atoms with Crippen LogP contribution in [0.1, 0.15) is 116 Å². The van der Waals surface area contributed by atoms with Gasteiger partial charge in [0.2, 0.25) is 11.8 Å². The number of aromatic nitrogens is 8. The number of nitrogens with one attached hydrogen (secondary N) is 2. The third-order valence-corrected chi connectivity index (χ3v) is 14.2. The Kier molecular flexibility index (Phi) is 22.5. The summed E-state index contributed by atoms with van der Waals surface area (Å²) in [5.74, 6) is 7.13. The summed E-state index contributed by atoms with van der Waals surface area (Å²) in [7, 11) is 9.68. The van der Waals surface area contributed by atoms with E-state index in [4.69, 9.17) is 37.0 Å². The number of carbonyl (C=O) groups is 2.